The van der Waals surface area contributed by atoms with Crippen molar-refractivity contribution in [1.29, 1.82) is 0 Å². The van der Waals surface area contributed by atoms with Crippen LogP contribution in [0.3, 0.4) is 0 Å². The number of hydrogen-bond donors (Lipinski definition) is 1. The molecule has 4 nitrogen and oxygen atoms in total. The van der Waals surface area contributed by atoms with E-state index in [1.54, 1.807) is 0 Å². The Hall–Kier alpha value is -0.130. The predicted octanol–water partition coefficient (Wildman–Crippen LogP) is -0.300. The van der Waals surface area contributed by atoms with E-state index < -0.39 is 15.3 Å². The van der Waals surface area contributed by atoms with Crippen molar-refractivity contribution in [3.63, 3.8) is 0 Å². The number of ether oxygens (including phenoxy) is 1. The Balaban J connectivity index is 2.91. The lowest BCUT2D eigenvalue weighted by Crippen LogP contribution is -2.39. The molecule has 0 aromatic carbocycles. The molecule has 1 aliphatic heterocycles. The van der Waals surface area contributed by atoms with Crippen LogP contribution in [0.15, 0.2) is 0 Å². The van der Waals surface area contributed by atoms with Crippen molar-refractivity contribution in [3.8, 4) is 0 Å². The van der Waals surface area contributed by atoms with E-state index in [1.807, 2.05) is 13.8 Å². The Labute approximate surface area is 66.8 Å². The molecule has 0 spiro atoms. The Bertz CT molecular complexity index is 245. The van der Waals surface area contributed by atoms with Crippen molar-refractivity contribution in [1.82, 2.24) is 0 Å². The van der Waals surface area contributed by atoms with E-state index in [-0.39, 0.29) is 12.0 Å². The molecule has 5 heteroatoms. The lowest BCUT2D eigenvalue weighted by Gasteiger charge is -2.21. The fourth-order valence-electron chi connectivity index (χ4n) is 1.29. The molecule has 66 valence electrons. The van der Waals surface area contributed by atoms with Gasteiger partial charge in [0.15, 0.2) is 0 Å². The Kier molecular flexibility index (Phi) is 1.98. The number of hydrogen-bond acceptors (Lipinski definition) is 3. The molecule has 0 amide bonds. The SMILES string of the molecule is CC1(C)COCC1S(N)(=O)=O. The molecule has 0 radical (unpaired) electrons. The van der Waals surface area contributed by atoms with E-state index in [2.05, 4.69) is 0 Å². The van der Waals surface area contributed by atoms with Gasteiger partial charge in [0.25, 0.3) is 0 Å². The summed E-state index contributed by atoms with van der Waals surface area (Å²) in [6.45, 7) is 4.38. The van der Waals surface area contributed by atoms with Crippen LogP contribution in [0.4, 0.5) is 0 Å². The third-order valence-corrected chi connectivity index (χ3v) is 3.58. The summed E-state index contributed by atoms with van der Waals surface area (Å²) in [5.41, 5.74) is -0.340. The summed E-state index contributed by atoms with van der Waals surface area (Å²) in [7, 11) is -3.44. The summed E-state index contributed by atoms with van der Waals surface area (Å²) >= 11 is 0. The van der Waals surface area contributed by atoms with Crippen LogP contribution < -0.4 is 5.14 Å². The molecule has 1 atom stereocenters. The molecule has 0 aliphatic carbocycles. The molecule has 2 N–H and O–H groups in total. The number of primary sulfonamides is 1. The Morgan fingerprint density at radius 1 is 1.55 bits per heavy atom. The zero-order chi connectivity index (χ0) is 8.70. The average Bonchev–Trinajstić information content (AvgIpc) is 2.06. The molecule has 1 unspecified atom stereocenters. The van der Waals surface area contributed by atoms with E-state index in [0.717, 1.165) is 0 Å². The van der Waals surface area contributed by atoms with Crippen molar-refractivity contribution in [2.75, 3.05) is 13.2 Å². The summed E-state index contributed by atoms with van der Waals surface area (Å²) in [5, 5.41) is 4.46. The lowest BCUT2D eigenvalue weighted by atomic mass is 9.93. The number of sulfonamides is 1. The Morgan fingerprint density at radius 3 is 2.27 bits per heavy atom. The van der Waals surface area contributed by atoms with Crippen molar-refractivity contribution in [2.45, 2.75) is 19.1 Å². The zero-order valence-corrected chi connectivity index (χ0v) is 7.52. The van der Waals surface area contributed by atoms with Crippen LogP contribution in [0, 0.1) is 5.41 Å². The van der Waals surface area contributed by atoms with Gasteiger partial charge in [-0.3, -0.25) is 0 Å². The Morgan fingerprint density at radius 2 is 2.09 bits per heavy atom. The quantitative estimate of drug-likeness (QED) is 0.601. The summed E-state index contributed by atoms with van der Waals surface area (Å²) in [6.07, 6.45) is 0. The van der Waals surface area contributed by atoms with Gasteiger partial charge < -0.3 is 4.74 Å². The normalized spacial score (nSPS) is 30.6. The van der Waals surface area contributed by atoms with E-state index >= 15 is 0 Å². The molecule has 1 aliphatic rings. The van der Waals surface area contributed by atoms with Gasteiger partial charge in [-0.15, -0.1) is 0 Å². The fourth-order valence-corrected chi connectivity index (χ4v) is 2.53. The van der Waals surface area contributed by atoms with Crippen molar-refractivity contribution >= 4 is 10.0 Å². The predicted molar refractivity (Wildman–Crippen MR) is 41.5 cm³/mol. The first-order valence-corrected chi connectivity index (χ1v) is 5.04. The van der Waals surface area contributed by atoms with Crippen molar-refractivity contribution in [2.24, 2.45) is 10.6 Å². The molecule has 0 saturated carbocycles. The average molecular weight is 179 g/mol. The molecule has 0 aromatic heterocycles. The molecule has 11 heavy (non-hydrogen) atoms. The first-order valence-electron chi connectivity index (χ1n) is 3.43. The minimum absolute atomic E-state index is 0.228. The van der Waals surface area contributed by atoms with Gasteiger partial charge >= 0.3 is 0 Å². The molecule has 1 fully saturated rings. The second-order valence-corrected chi connectivity index (χ2v) is 5.33. The van der Waals surface area contributed by atoms with Crippen molar-refractivity contribution in [3.05, 3.63) is 0 Å². The first-order chi connectivity index (χ1) is 4.84. The van der Waals surface area contributed by atoms with Crippen molar-refractivity contribution < 1.29 is 13.2 Å². The number of nitrogens with two attached hydrogens (primary N) is 1. The monoisotopic (exact) mass is 179 g/mol. The van der Waals surface area contributed by atoms with Gasteiger partial charge in [0.05, 0.1) is 13.2 Å². The highest BCUT2D eigenvalue weighted by atomic mass is 32.2. The summed E-state index contributed by atoms with van der Waals surface area (Å²) < 4.78 is 26.9. The van der Waals surface area contributed by atoms with Gasteiger partial charge in [0.1, 0.15) is 5.25 Å². The lowest BCUT2D eigenvalue weighted by molar-refractivity contribution is 0.167. The highest BCUT2D eigenvalue weighted by Gasteiger charge is 2.42. The van der Waals surface area contributed by atoms with Crippen LogP contribution in [0.5, 0.6) is 0 Å². The van der Waals surface area contributed by atoms with Gasteiger partial charge in [-0.05, 0) is 0 Å². The van der Waals surface area contributed by atoms with Crippen LogP contribution in [0.2, 0.25) is 0 Å². The second-order valence-electron chi connectivity index (χ2n) is 3.58. The minimum atomic E-state index is -3.44. The van der Waals surface area contributed by atoms with Crippen LogP contribution in [-0.2, 0) is 14.8 Å². The van der Waals surface area contributed by atoms with E-state index in [9.17, 15) is 8.42 Å². The van der Waals surface area contributed by atoms with Gasteiger partial charge in [0.2, 0.25) is 10.0 Å². The molecular weight excluding hydrogens is 166 g/mol. The maximum absolute atomic E-state index is 10.9. The molecule has 0 bridgehead atoms. The van der Waals surface area contributed by atoms with E-state index in [4.69, 9.17) is 9.88 Å². The van der Waals surface area contributed by atoms with Gasteiger partial charge in [-0.2, -0.15) is 0 Å². The third-order valence-electron chi connectivity index (χ3n) is 2.01. The summed E-state index contributed by atoms with van der Waals surface area (Å²) in [6, 6.07) is 0. The zero-order valence-electron chi connectivity index (χ0n) is 6.70. The van der Waals surface area contributed by atoms with Crippen LogP contribution in [-0.4, -0.2) is 26.9 Å². The highest BCUT2D eigenvalue weighted by molar-refractivity contribution is 7.89. The summed E-state index contributed by atoms with van der Waals surface area (Å²) in [5.74, 6) is 0. The smallest absolute Gasteiger partial charge is 0.214 e. The minimum Gasteiger partial charge on any atom is -0.379 e. The molecule has 1 rings (SSSR count). The molecular formula is C6H13NO3S. The van der Waals surface area contributed by atoms with Gasteiger partial charge in [0, 0.05) is 5.41 Å². The summed E-state index contributed by atoms with van der Waals surface area (Å²) in [4.78, 5) is 0. The van der Waals surface area contributed by atoms with Crippen LogP contribution in [0.1, 0.15) is 13.8 Å². The van der Waals surface area contributed by atoms with Gasteiger partial charge in [-0.25, -0.2) is 13.6 Å². The topological polar surface area (TPSA) is 69.4 Å². The highest BCUT2D eigenvalue weighted by Crippen LogP contribution is 2.31. The largest absolute Gasteiger partial charge is 0.379 e. The van der Waals surface area contributed by atoms with E-state index in [0.29, 0.717) is 6.61 Å². The first kappa shape index (κ1) is 8.96. The molecule has 1 heterocycles. The molecule has 0 aromatic rings. The van der Waals surface area contributed by atoms with E-state index in [1.165, 1.54) is 0 Å². The molecule has 1 saturated heterocycles. The third kappa shape index (κ3) is 1.72. The van der Waals surface area contributed by atoms with Crippen LogP contribution in [0.25, 0.3) is 0 Å². The number of rotatable bonds is 1. The van der Waals surface area contributed by atoms with Crippen LogP contribution >= 0.6 is 0 Å². The maximum atomic E-state index is 10.9. The maximum Gasteiger partial charge on any atom is 0.214 e. The fraction of sp³-hybridized carbons (Fsp3) is 1.00. The van der Waals surface area contributed by atoms with Gasteiger partial charge in [-0.1, -0.05) is 13.8 Å². The second kappa shape index (κ2) is 2.43. The standard InChI is InChI=1S/C6H13NO3S/c1-6(2)4-10-3-5(6)11(7,8)9/h5H,3-4H2,1-2H3,(H2,7,8,9).